The fourth-order valence-corrected chi connectivity index (χ4v) is 1.91. The van der Waals surface area contributed by atoms with Crippen molar-refractivity contribution in [2.75, 3.05) is 0 Å². The van der Waals surface area contributed by atoms with E-state index in [0.29, 0.717) is 5.56 Å². The summed E-state index contributed by atoms with van der Waals surface area (Å²) >= 11 is 3.01. The second-order valence-corrected chi connectivity index (χ2v) is 4.55. The molecule has 0 radical (unpaired) electrons. The molecule has 0 unspecified atom stereocenters. The van der Waals surface area contributed by atoms with Gasteiger partial charge in [0.2, 0.25) is 5.78 Å². The molecule has 0 atom stereocenters. The first-order valence-corrected chi connectivity index (χ1v) is 6.13. The van der Waals surface area contributed by atoms with Crippen LogP contribution in [0, 0.1) is 23.5 Å². The van der Waals surface area contributed by atoms with Crippen molar-refractivity contribution in [3.8, 4) is 11.8 Å². The van der Waals surface area contributed by atoms with Gasteiger partial charge in [-0.15, -0.1) is 0 Å². The zero-order valence-electron chi connectivity index (χ0n) is 9.58. The smallest absolute Gasteiger partial charge is 0.237 e. The number of hydrogen-bond acceptors (Lipinski definition) is 1. The van der Waals surface area contributed by atoms with Crippen LogP contribution in [0.4, 0.5) is 8.78 Å². The first kappa shape index (κ1) is 13.4. The van der Waals surface area contributed by atoms with E-state index in [9.17, 15) is 13.6 Å². The fourth-order valence-electron chi connectivity index (χ4n) is 1.41. The molecule has 0 fully saturated rings. The average molecular weight is 321 g/mol. The number of benzene rings is 2. The molecule has 0 aliphatic heterocycles. The van der Waals surface area contributed by atoms with Gasteiger partial charge in [0.05, 0.1) is 0 Å². The molecule has 94 valence electrons. The van der Waals surface area contributed by atoms with Gasteiger partial charge in [-0.1, -0.05) is 24.1 Å². The number of hydrogen-bond donors (Lipinski definition) is 0. The standard InChI is InChI=1S/C15H7BrF2O/c16-12-9-14(18)13(17)8-11(12)15(19)7-6-10-4-2-1-3-5-10/h1-5,8-9H. The lowest BCUT2D eigenvalue weighted by molar-refractivity contribution is 0.105. The van der Waals surface area contributed by atoms with Gasteiger partial charge < -0.3 is 0 Å². The highest BCUT2D eigenvalue weighted by molar-refractivity contribution is 9.10. The number of carbonyl (C=O) groups excluding carboxylic acids is 1. The van der Waals surface area contributed by atoms with E-state index in [1.54, 1.807) is 24.3 Å². The van der Waals surface area contributed by atoms with Crippen molar-refractivity contribution in [2.24, 2.45) is 0 Å². The lowest BCUT2D eigenvalue weighted by Crippen LogP contribution is -1.99. The Morgan fingerprint density at radius 3 is 2.37 bits per heavy atom. The second-order valence-electron chi connectivity index (χ2n) is 3.69. The Hall–Kier alpha value is -1.99. The minimum atomic E-state index is -1.08. The molecule has 0 heterocycles. The summed E-state index contributed by atoms with van der Waals surface area (Å²) in [5, 5.41) is 0. The molecule has 0 aliphatic carbocycles. The third-order valence-corrected chi connectivity index (χ3v) is 3.00. The third-order valence-electron chi connectivity index (χ3n) is 2.35. The van der Waals surface area contributed by atoms with Crippen LogP contribution in [0.25, 0.3) is 0 Å². The molecule has 1 nitrogen and oxygen atoms in total. The first-order valence-electron chi connectivity index (χ1n) is 5.34. The van der Waals surface area contributed by atoms with Gasteiger partial charge in [-0.3, -0.25) is 4.79 Å². The number of ketones is 1. The SMILES string of the molecule is O=C(C#Cc1ccccc1)c1cc(F)c(F)cc1Br. The van der Waals surface area contributed by atoms with Gasteiger partial charge in [0.1, 0.15) is 0 Å². The van der Waals surface area contributed by atoms with Crippen molar-refractivity contribution in [3.05, 3.63) is 69.7 Å². The highest BCUT2D eigenvalue weighted by atomic mass is 79.9. The summed E-state index contributed by atoms with van der Waals surface area (Å²) in [5.41, 5.74) is 0.678. The van der Waals surface area contributed by atoms with Crippen LogP contribution in [-0.2, 0) is 0 Å². The lowest BCUT2D eigenvalue weighted by atomic mass is 10.1. The van der Waals surface area contributed by atoms with Crippen LogP contribution in [0.1, 0.15) is 15.9 Å². The maximum absolute atomic E-state index is 13.1. The number of Topliss-reactive ketones (excluding diaryl/α,β-unsaturated/α-hetero) is 1. The van der Waals surface area contributed by atoms with Crippen molar-refractivity contribution in [1.29, 1.82) is 0 Å². The molecule has 2 rings (SSSR count). The molecule has 0 saturated carbocycles. The third kappa shape index (κ3) is 3.27. The first-order chi connectivity index (χ1) is 9.08. The van der Waals surface area contributed by atoms with E-state index >= 15 is 0 Å². The topological polar surface area (TPSA) is 17.1 Å². The van der Waals surface area contributed by atoms with Crippen LogP contribution in [0.5, 0.6) is 0 Å². The van der Waals surface area contributed by atoms with Crippen molar-refractivity contribution < 1.29 is 13.6 Å². The van der Waals surface area contributed by atoms with E-state index in [4.69, 9.17) is 0 Å². The van der Waals surface area contributed by atoms with E-state index in [2.05, 4.69) is 27.8 Å². The molecular formula is C15H7BrF2O. The van der Waals surface area contributed by atoms with E-state index in [1.165, 1.54) is 0 Å². The largest absolute Gasteiger partial charge is 0.279 e. The zero-order valence-corrected chi connectivity index (χ0v) is 11.2. The molecule has 2 aromatic rings. The molecule has 19 heavy (non-hydrogen) atoms. The summed E-state index contributed by atoms with van der Waals surface area (Å²) in [6.07, 6.45) is 0. The van der Waals surface area contributed by atoms with Crippen LogP contribution in [0.2, 0.25) is 0 Å². The van der Waals surface area contributed by atoms with Crippen LogP contribution < -0.4 is 0 Å². The Morgan fingerprint density at radius 1 is 1.05 bits per heavy atom. The molecule has 2 aromatic carbocycles. The van der Waals surface area contributed by atoms with Gasteiger partial charge in [-0.25, -0.2) is 8.78 Å². The Kier molecular flexibility index (Phi) is 4.08. The Morgan fingerprint density at radius 2 is 1.68 bits per heavy atom. The maximum atomic E-state index is 13.1. The number of rotatable bonds is 1. The predicted octanol–water partition coefficient (Wildman–Crippen LogP) is 3.96. The molecule has 0 amide bonds. The quantitative estimate of drug-likeness (QED) is 0.441. The molecule has 0 N–H and O–H groups in total. The van der Waals surface area contributed by atoms with Crippen LogP contribution >= 0.6 is 15.9 Å². The molecule has 0 bridgehead atoms. The monoisotopic (exact) mass is 320 g/mol. The summed E-state index contributed by atoms with van der Waals surface area (Å²) in [4.78, 5) is 11.8. The summed E-state index contributed by atoms with van der Waals surface area (Å²) in [6, 6.07) is 10.7. The maximum Gasteiger partial charge on any atom is 0.237 e. The predicted molar refractivity (Wildman–Crippen MR) is 71.7 cm³/mol. The van der Waals surface area contributed by atoms with E-state index in [0.717, 1.165) is 12.1 Å². The van der Waals surface area contributed by atoms with Crippen molar-refractivity contribution in [3.63, 3.8) is 0 Å². The highest BCUT2D eigenvalue weighted by Gasteiger charge is 2.12. The van der Waals surface area contributed by atoms with E-state index in [1.807, 2.05) is 6.07 Å². The lowest BCUT2D eigenvalue weighted by Gasteiger charge is -2.00. The highest BCUT2D eigenvalue weighted by Crippen LogP contribution is 2.20. The van der Waals surface area contributed by atoms with Crippen LogP contribution in [0.15, 0.2) is 46.9 Å². The van der Waals surface area contributed by atoms with Gasteiger partial charge >= 0.3 is 0 Å². The Balaban J connectivity index is 2.32. The van der Waals surface area contributed by atoms with Gasteiger partial charge in [-0.05, 0) is 46.1 Å². The van der Waals surface area contributed by atoms with Crippen LogP contribution in [0.3, 0.4) is 0 Å². The summed E-state index contributed by atoms with van der Waals surface area (Å²) < 4.78 is 26.2. The molecule has 0 saturated heterocycles. The average Bonchev–Trinajstić information content (AvgIpc) is 2.41. The summed E-state index contributed by atoms with van der Waals surface area (Å²) in [5.74, 6) is 2.40. The van der Waals surface area contributed by atoms with E-state index in [-0.39, 0.29) is 10.0 Å². The normalized spacial score (nSPS) is 9.63. The van der Waals surface area contributed by atoms with Gasteiger partial charge in [-0.2, -0.15) is 0 Å². The van der Waals surface area contributed by atoms with Gasteiger partial charge in [0, 0.05) is 15.6 Å². The summed E-state index contributed by atoms with van der Waals surface area (Å²) in [6.45, 7) is 0. The minimum absolute atomic E-state index is 0.00216. The van der Waals surface area contributed by atoms with Crippen LogP contribution in [-0.4, -0.2) is 5.78 Å². The summed E-state index contributed by atoms with van der Waals surface area (Å²) in [7, 11) is 0. The van der Waals surface area contributed by atoms with Crippen molar-refractivity contribution >= 4 is 21.7 Å². The fraction of sp³-hybridized carbons (Fsp3) is 0. The van der Waals surface area contributed by atoms with E-state index < -0.39 is 17.4 Å². The number of carbonyl (C=O) groups is 1. The van der Waals surface area contributed by atoms with Crippen molar-refractivity contribution in [2.45, 2.75) is 0 Å². The second kappa shape index (κ2) is 5.77. The molecular weight excluding hydrogens is 314 g/mol. The molecule has 0 spiro atoms. The Labute approximate surface area is 117 Å². The Bertz CT molecular complexity index is 685. The number of halogens is 3. The minimum Gasteiger partial charge on any atom is -0.279 e. The van der Waals surface area contributed by atoms with Crippen molar-refractivity contribution in [1.82, 2.24) is 0 Å². The molecule has 4 heteroatoms. The van der Waals surface area contributed by atoms with Gasteiger partial charge in [0.25, 0.3) is 0 Å². The zero-order chi connectivity index (χ0) is 13.8. The van der Waals surface area contributed by atoms with Gasteiger partial charge in [0.15, 0.2) is 11.6 Å². The molecule has 0 aromatic heterocycles. The molecule has 0 aliphatic rings.